The number of ketones is 1. The van der Waals surface area contributed by atoms with Crippen LogP contribution in [0.15, 0.2) is 78.4 Å². The zero-order valence-corrected chi connectivity index (χ0v) is 18.2. The Labute approximate surface area is 191 Å². The summed E-state index contributed by atoms with van der Waals surface area (Å²) < 4.78 is 10.8. The molecule has 0 aromatic heterocycles. The van der Waals surface area contributed by atoms with E-state index in [4.69, 9.17) is 9.47 Å². The second kappa shape index (κ2) is 9.08. The van der Waals surface area contributed by atoms with Crippen LogP contribution >= 0.6 is 0 Å². The van der Waals surface area contributed by atoms with Gasteiger partial charge in [-0.2, -0.15) is 0 Å². The maximum atomic E-state index is 13.2. The highest BCUT2D eigenvalue weighted by Crippen LogP contribution is 2.45. The van der Waals surface area contributed by atoms with Crippen molar-refractivity contribution in [2.75, 3.05) is 18.6 Å². The molecule has 0 bridgehead atoms. The fraction of sp³-hybridized carbons (Fsp3) is 0.154. The number of Topliss-reactive ketones (excluding diaryl/α,β-unsaturated/α-hetero) is 1. The van der Waals surface area contributed by atoms with Crippen molar-refractivity contribution < 1.29 is 29.3 Å². The van der Waals surface area contributed by atoms with Crippen LogP contribution in [0.4, 0.5) is 5.69 Å². The van der Waals surface area contributed by atoms with Gasteiger partial charge in [0.1, 0.15) is 23.0 Å². The van der Waals surface area contributed by atoms with E-state index in [-0.39, 0.29) is 22.8 Å². The molecule has 1 saturated heterocycles. The maximum absolute atomic E-state index is 13.2. The summed E-state index contributed by atoms with van der Waals surface area (Å²) in [5, 5.41) is 21.7. The minimum atomic E-state index is -0.982. The normalized spacial score (nSPS) is 17.3. The third-order valence-corrected chi connectivity index (χ3v) is 5.41. The number of hydrogen-bond donors (Lipinski definition) is 2. The molecule has 168 valence electrons. The van der Waals surface area contributed by atoms with Crippen LogP contribution in [0, 0.1) is 0 Å². The molecule has 7 nitrogen and oxygen atoms in total. The molecule has 1 aliphatic heterocycles. The number of carbonyl (C=O) groups is 2. The molecule has 4 rings (SSSR count). The third kappa shape index (κ3) is 4.01. The zero-order chi connectivity index (χ0) is 23.5. The van der Waals surface area contributed by atoms with Gasteiger partial charge in [-0.1, -0.05) is 36.4 Å². The molecule has 1 heterocycles. The Hall–Kier alpha value is -4.26. The molecule has 3 aromatic carbocycles. The number of amides is 1. The minimum absolute atomic E-state index is 0.0924. The number of phenolic OH excluding ortho intramolecular Hbond substituents is 1. The van der Waals surface area contributed by atoms with Crippen molar-refractivity contribution >= 4 is 23.1 Å². The number of para-hydroxylation sites is 2. The lowest BCUT2D eigenvalue weighted by Gasteiger charge is -2.26. The number of methoxy groups -OCH3 is 1. The molecular weight excluding hydrogens is 422 g/mol. The van der Waals surface area contributed by atoms with Gasteiger partial charge < -0.3 is 19.7 Å². The average molecular weight is 445 g/mol. The van der Waals surface area contributed by atoms with Gasteiger partial charge in [0.15, 0.2) is 0 Å². The van der Waals surface area contributed by atoms with Gasteiger partial charge in [0.25, 0.3) is 11.7 Å². The molecule has 33 heavy (non-hydrogen) atoms. The van der Waals surface area contributed by atoms with Crippen LogP contribution in [0.5, 0.6) is 17.2 Å². The average Bonchev–Trinajstić information content (AvgIpc) is 3.10. The van der Waals surface area contributed by atoms with Crippen LogP contribution in [0.25, 0.3) is 5.76 Å². The summed E-state index contributed by atoms with van der Waals surface area (Å²) in [4.78, 5) is 27.6. The number of aromatic hydroxyl groups is 1. The molecule has 3 aromatic rings. The van der Waals surface area contributed by atoms with Gasteiger partial charge in [-0.3, -0.25) is 14.5 Å². The lowest BCUT2D eigenvalue weighted by Crippen LogP contribution is -2.29. The Morgan fingerprint density at radius 3 is 2.42 bits per heavy atom. The largest absolute Gasteiger partial charge is 0.507 e. The predicted octanol–water partition coefficient (Wildman–Crippen LogP) is 4.43. The van der Waals surface area contributed by atoms with Crippen molar-refractivity contribution in [2.24, 2.45) is 0 Å². The van der Waals surface area contributed by atoms with Crippen molar-refractivity contribution in [1.82, 2.24) is 0 Å². The Balaban J connectivity index is 1.95. The first-order chi connectivity index (χ1) is 16.0. The Morgan fingerprint density at radius 1 is 0.970 bits per heavy atom. The highest BCUT2D eigenvalue weighted by molar-refractivity contribution is 6.51. The number of aliphatic hydroxyl groups is 1. The van der Waals surface area contributed by atoms with Gasteiger partial charge >= 0.3 is 0 Å². The first-order valence-electron chi connectivity index (χ1n) is 10.4. The number of phenols is 1. The van der Waals surface area contributed by atoms with Crippen LogP contribution in [-0.4, -0.2) is 35.6 Å². The van der Waals surface area contributed by atoms with Gasteiger partial charge in [0.05, 0.1) is 31.0 Å². The summed E-state index contributed by atoms with van der Waals surface area (Å²) in [7, 11) is 1.51. The number of ether oxygens (including phenoxy) is 2. The van der Waals surface area contributed by atoms with Gasteiger partial charge in [-0.05, 0) is 48.9 Å². The Morgan fingerprint density at radius 2 is 1.70 bits per heavy atom. The number of anilines is 1. The molecule has 0 saturated carbocycles. The van der Waals surface area contributed by atoms with Crippen molar-refractivity contribution in [3.05, 3.63) is 89.5 Å². The summed E-state index contributed by atoms with van der Waals surface area (Å²) in [6, 6.07) is 18.8. The van der Waals surface area contributed by atoms with Crippen molar-refractivity contribution in [2.45, 2.75) is 13.0 Å². The zero-order valence-electron chi connectivity index (χ0n) is 18.2. The lowest BCUT2D eigenvalue weighted by molar-refractivity contribution is -0.132. The first kappa shape index (κ1) is 22.0. The van der Waals surface area contributed by atoms with Crippen LogP contribution in [-0.2, 0) is 9.59 Å². The number of carbonyl (C=O) groups excluding carboxylic acids is 2. The Kier molecular flexibility index (Phi) is 6.04. The first-order valence-corrected chi connectivity index (χ1v) is 10.4. The number of benzene rings is 3. The van der Waals surface area contributed by atoms with Crippen LogP contribution in [0.3, 0.4) is 0 Å². The maximum Gasteiger partial charge on any atom is 0.300 e. The molecule has 0 spiro atoms. The third-order valence-electron chi connectivity index (χ3n) is 5.41. The molecule has 1 aliphatic rings. The van der Waals surface area contributed by atoms with Crippen molar-refractivity contribution in [3.8, 4) is 17.2 Å². The molecule has 0 radical (unpaired) electrons. The van der Waals surface area contributed by atoms with E-state index in [1.807, 2.05) is 6.92 Å². The topological polar surface area (TPSA) is 96.3 Å². The highest BCUT2D eigenvalue weighted by Gasteiger charge is 2.47. The molecule has 1 unspecified atom stereocenters. The summed E-state index contributed by atoms with van der Waals surface area (Å²) in [6.45, 7) is 2.28. The quantitative estimate of drug-likeness (QED) is 0.331. The fourth-order valence-corrected chi connectivity index (χ4v) is 3.93. The van der Waals surface area contributed by atoms with Crippen molar-refractivity contribution in [1.29, 1.82) is 0 Å². The second-order valence-electron chi connectivity index (χ2n) is 7.40. The molecular formula is C26H23NO6. The lowest BCUT2D eigenvalue weighted by atomic mass is 9.95. The summed E-state index contributed by atoms with van der Waals surface area (Å²) in [5.74, 6) is -1.16. The fourth-order valence-electron chi connectivity index (χ4n) is 3.93. The molecule has 2 N–H and O–H groups in total. The monoisotopic (exact) mass is 445 g/mol. The molecule has 1 amide bonds. The number of nitrogens with zero attached hydrogens (tertiary/aromatic N) is 1. The summed E-state index contributed by atoms with van der Waals surface area (Å²) in [6.07, 6.45) is 0. The SMILES string of the molecule is CCOc1cccc(/C(O)=C2/C(=O)C(=O)N(c3ccccc3O)C2c2cccc(OC)c2)c1. The molecule has 1 atom stereocenters. The standard InChI is InChI=1S/C26H23NO6/c1-3-33-19-11-7-9-17(15-19)24(29)22-23(16-8-6-10-18(14-16)32-2)27(26(31)25(22)30)20-12-4-5-13-21(20)28/h4-15,23,28-29H,3H2,1-2H3/b24-22-. The van der Waals surface area contributed by atoms with E-state index in [0.717, 1.165) is 0 Å². The van der Waals surface area contributed by atoms with E-state index in [9.17, 15) is 19.8 Å². The van der Waals surface area contributed by atoms with E-state index in [1.165, 1.54) is 18.1 Å². The summed E-state index contributed by atoms with van der Waals surface area (Å²) in [5.41, 5.74) is 0.947. The number of hydrogen-bond acceptors (Lipinski definition) is 6. The van der Waals surface area contributed by atoms with Gasteiger partial charge in [0.2, 0.25) is 0 Å². The Bertz CT molecular complexity index is 1250. The number of rotatable bonds is 6. The molecule has 0 aliphatic carbocycles. The van der Waals surface area contributed by atoms with Crippen LogP contribution in [0.2, 0.25) is 0 Å². The minimum Gasteiger partial charge on any atom is -0.507 e. The summed E-state index contributed by atoms with van der Waals surface area (Å²) >= 11 is 0. The second-order valence-corrected chi connectivity index (χ2v) is 7.40. The van der Waals surface area contributed by atoms with Gasteiger partial charge in [0, 0.05) is 5.56 Å². The van der Waals surface area contributed by atoms with Crippen LogP contribution in [0.1, 0.15) is 24.1 Å². The van der Waals surface area contributed by atoms with Gasteiger partial charge in [-0.15, -0.1) is 0 Å². The van der Waals surface area contributed by atoms with E-state index in [0.29, 0.717) is 29.2 Å². The van der Waals surface area contributed by atoms with E-state index < -0.39 is 17.7 Å². The predicted molar refractivity (Wildman–Crippen MR) is 123 cm³/mol. The number of aliphatic hydroxyl groups excluding tert-OH is 1. The van der Waals surface area contributed by atoms with Crippen LogP contribution < -0.4 is 14.4 Å². The smallest absolute Gasteiger partial charge is 0.300 e. The van der Waals surface area contributed by atoms with E-state index >= 15 is 0 Å². The van der Waals surface area contributed by atoms with E-state index in [2.05, 4.69) is 0 Å². The molecule has 7 heteroatoms. The molecule has 1 fully saturated rings. The highest BCUT2D eigenvalue weighted by atomic mass is 16.5. The van der Waals surface area contributed by atoms with Crippen molar-refractivity contribution in [3.63, 3.8) is 0 Å². The van der Waals surface area contributed by atoms with E-state index in [1.54, 1.807) is 66.7 Å². The van der Waals surface area contributed by atoms with Gasteiger partial charge in [-0.25, -0.2) is 0 Å².